The highest BCUT2D eigenvalue weighted by Crippen LogP contribution is 2.32. The van der Waals surface area contributed by atoms with E-state index < -0.39 is 0 Å². The molecule has 4 heteroatoms. The summed E-state index contributed by atoms with van der Waals surface area (Å²) in [4.78, 5) is 7.01. The van der Waals surface area contributed by atoms with E-state index in [1.54, 1.807) is 7.11 Å². The first kappa shape index (κ1) is 14.3. The first-order chi connectivity index (χ1) is 9.22. The molecule has 0 saturated heterocycles. The molecule has 0 unspecified atom stereocenters. The van der Waals surface area contributed by atoms with Gasteiger partial charge in [0.2, 0.25) is 0 Å². The molecule has 1 saturated carbocycles. The third-order valence-corrected chi connectivity index (χ3v) is 3.36. The number of hydrogen-bond donors (Lipinski definition) is 1. The minimum atomic E-state index is 0.487. The summed E-state index contributed by atoms with van der Waals surface area (Å²) < 4.78 is 5.22. The molecule has 1 aliphatic carbocycles. The summed E-state index contributed by atoms with van der Waals surface area (Å²) in [6.07, 6.45) is 4.44. The molecule has 1 N–H and O–H groups in total. The van der Waals surface area contributed by atoms with Crippen LogP contribution in [0.1, 0.15) is 32.3 Å². The minimum absolute atomic E-state index is 0.487. The van der Waals surface area contributed by atoms with Crippen LogP contribution in [0.5, 0.6) is 0 Å². The van der Waals surface area contributed by atoms with Gasteiger partial charge in [-0.2, -0.15) is 0 Å². The summed E-state index contributed by atoms with van der Waals surface area (Å²) in [5.41, 5.74) is 1.28. The van der Waals surface area contributed by atoms with E-state index in [1.807, 2.05) is 12.3 Å². The van der Waals surface area contributed by atoms with Crippen molar-refractivity contribution < 1.29 is 4.74 Å². The minimum Gasteiger partial charge on any atom is -0.383 e. The second-order valence-electron chi connectivity index (χ2n) is 5.44. The molecular formula is C15H25N3O. The van der Waals surface area contributed by atoms with Crippen LogP contribution in [0.25, 0.3) is 0 Å². The van der Waals surface area contributed by atoms with Crippen LogP contribution in [0.2, 0.25) is 0 Å². The zero-order valence-corrected chi connectivity index (χ0v) is 12.2. The fourth-order valence-corrected chi connectivity index (χ4v) is 2.18. The smallest absolute Gasteiger partial charge is 0.133 e. The van der Waals surface area contributed by atoms with Crippen LogP contribution < -0.4 is 10.2 Å². The molecule has 0 aromatic carbocycles. The lowest BCUT2D eigenvalue weighted by Crippen LogP contribution is -2.32. The number of anilines is 1. The van der Waals surface area contributed by atoms with Crippen molar-refractivity contribution in [1.29, 1.82) is 0 Å². The van der Waals surface area contributed by atoms with Gasteiger partial charge < -0.3 is 15.0 Å². The zero-order chi connectivity index (χ0) is 13.7. The number of rotatable bonds is 8. The van der Waals surface area contributed by atoms with Crippen molar-refractivity contribution in [2.24, 2.45) is 0 Å². The Kier molecular flexibility index (Phi) is 5.16. The Hall–Kier alpha value is -1.13. The van der Waals surface area contributed by atoms with Gasteiger partial charge in [-0.3, -0.25) is 0 Å². The van der Waals surface area contributed by atoms with Gasteiger partial charge in [0.05, 0.1) is 6.61 Å². The average Bonchev–Trinajstić information content (AvgIpc) is 3.22. The highest BCUT2D eigenvalue weighted by atomic mass is 16.5. The summed E-state index contributed by atoms with van der Waals surface area (Å²) >= 11 is 0. The lowest BCUT2D eigenvalue weighted by Gasteiger charge is -2.26. The van der Waals surface area contributed by atoms with E-state index in [9.17, 15) is 0 Å². The maximum atomic E-state index is 5.22. The number of pyridine rings is 1. The highest BCUT2D eigenvalue weighted by Gasteiger charge is 2.30. The maximum Gasteiger partial charge on any atom is 0.133 e. The Bertz CT molecular complexity index is 391. The van der Waals surface area contributed by atoms with Gasteiger partial charge >= 0.3 is 0 Å². The van der Waals surface area contributed by atoms with Crippen molar-refractivity contribution in [2.75, 3.05) is 25.2 Å². The molecule has 0 atom stereocenters. The second-order valence-corrected chi connectivity index (χ2v) is 5.44. The fourth-order valence-electron chi connectivity index (χ4n) is 2.18. The largest absolute Gasteiger partial charge is 0.383 e. The molecule has 0 aliphatic heterocycles. The van der Waals surface area contributed by atoms with E-state index in [2.05, 4.69) is 35.1 Å². The van der Waals surface area contributed by atoms with Crippen LogP contribution in [0.15, 0.2) is 18.3 Å². The van der Waals surface area contributed by atoms with E-state index in [-0.39, 0.29) is 0 Å². The van der Waals surface area contributed by atoms with E-state index in [1.165, 1.54) is 18.4 Å². The Morgan fingerprint density at radius 1 is 1.47 bits per heavy atom. The zero-order valence-electron chi connectivity index (χ0n) is 12.2. The SMILES string of the molecule is COCCN(c1ncccc1CNC(C)C)C1CC1. The lowest BCUT2D eigenvalue weighted by molar-refractivity contribution is 0.204. The van der Waals surface area contributed by atoms with Gasteiger partial charge in [0.25, 0.3) is 0 Å². The Labute approximate surface area is 116 Å². The first-order valence-corrected chi connectivity index (χ1v) is 7.15. The van der Waals surface area contributed by atoms with Gasteiger partial charge in [-0.15, -0.1) is 0 Å². The summed E-state index contributed by atoms with van der Waals surface area (Å²) in [6.45, 7) is 6.88. The number of nitrogens with one attached hydrogen (secondary N) is 1. The van der Waals surface area contributed by atoms with Crippen LogP contribution in [0.4, 0.5) is 5.82 Å². The van der Waals surface area contributed by atoms with Crippen LogP contribution in [0, 0.1) is 0 Å². The van der Waals surface area contributed by atoms with Crippen molar-refractivity contribution in [3.8, 4) is 0 Å². The molecule has 106 valence electrons. The van der Waals surface area contributed by atoms with Crippen molar-refractivity contribution >= 4 is 5.82 Å². The van der Waals surface area contributed by atoms with Gasteiger partial charge in [0.1, 0.15) is 5.82 Å². The van der Waals surface area contributed by atoms with Crippen LogP contribution in [0.3, 0.4) is 0 Å². The molecule has 1 aromatic rings. The van der Waals surface area contributed by atoms with Crippen LogP contribution in [-0.2, 0) is 11.3 Å². The molecule has 0 spiro atoms. The van der Waals surface area contributed by atoms with Crippen LogP contribution >= 0.6 is 0 Å². The predicted molar refractivity (Wildman–Crippen MR) is 78.5 cm³/mol. The molecule has 19 heavy (non-hydrogen) atoms. The van der Waals surface area contributed by atoms with Gasteiger partial charge in [0.15, 0.2) is 0 Å². The number of hydrogen-bond acceptors (Lipinski definition) is 4. The van der Waals surface area contributed by atoms with Crippen molar-refractivity contribution in [3.63, 3.8) is 0 Å². The lowest BCUT2D eigenvalue weighted by atomic mass is 10.2. The Balaban J connectivity index is 2.11. The Morgan fingerprint density at radius 3 is 2.89 bits per heavy atom. The normalized spacial score (nSPS) is 14.9. The monoisotopic (exact) mass is 263 g/mol. The molecule has 1 aliphatic rings. The van der Waals surface area contributed by atoms with Gasteiger partial charge in [-0.05, 0) is 18.9 Å². The number of ether oxygens (including phenoxy) is 1. The first-order valence-electron chi connectivity index (χ1n) is 7.15. The molecule has 1 heterocycles. The topological polar surface area (TPSA) is 37.4 Å². The number of methoxy groups -OCH3 is 1. The van der Waals surface area contributed by atoms with Gasteiger partial charge in [-0.1, -0.05) is 19.9 Å². The summed E-state index contributed by atoms with van der Waals surface area (Å²) in [5.74, 6) is 1.12. The average molecular weight is 263 g/mol. The van der Waals surface area contributed by atoms with E-state index in [0.29, 0.717) is 12.1 Å². The second kappa shape index (κ2) is 6.87. The van der Waals surface area contributed by atoms with Crippen molar-refractivity contribution in [2.45, 2.75) is 45.3 Å². The highest BCUT2D eigenvalue weighted by molar-refractivity contribution is 5.48. The van der Waals surface area contributed by atoms with E-state index >= 15 is 0 Å². The number of nitrogens with zero attached hydrogens (tertiary/aromatic N) is 2. The van der Waals surface area contributed by atoms with E-state index in [4.69, 9.17) is 4.74 Å². The number of aromatic nitrogens is 1. The van der Waals surface area contributed by atoms with Gasteiger partial charge in [-0.25, -0.2) is 4.98 Å². The molecular weight excluding hydrogens is 238 g/mol. The molecule has 1 aromatic heterocycles. The van der Waals surface area contributed by atoms with Crippen LogP contribution in [-0.4, -0.2) is 37.3 Å². The molecule has 1 fully saturated rings. The van der Waals surface area contributed by atoms with Crippen molar-refractivity contribution in [3.05, 3.63) is 23.9 Å². The van der Waals surface area contributed by atoms with Gasteiger partial charge in [0, 0.05) is 44.0 Å². The molecule has 4 nitrogen and oxygen atoms in total. The Morgan fingerprint density at radius 2 is 2.26 bits per heavy atom. The molecule has 0 bridgehead atoms. The summed E-state index contributed by atoms with van der Waals surface area (Å²) in [6, 6.07) is 5.33. The summed E-state index contributed by atoms with van der Waals surface area (Å²) in [5, 5.41) is 3.47. The third kappa shape index (κ3) is 4.18. The quantitative estimate of drug-likeness (QED) is 0.780. The maximum absolute atomic E-state index is 5.22. The molecule has 2 rings (SSSR count). The molecule has 0 amide bonds. The third-order valence-electron chi connectivity index (χ3n) is 3.36. The standard InChI is InChI=1S/C15H25N3O/c1-12(2)17-11-13-5-4-8-16-15(13)18(9-10-19-3)14-6-7-14/h4-5,8,12,14,17H,6-7,9-11H2,1-3H3. The molecule has 0 radical (unpaired) electrons. The van der Waals surface area contributed by atoms with E-state index in [0.717, 1.165) is 25.5 Å². The summed E-state index contributed by atoms with van der Waals surface area (Å²) in [7, 11) is 1.75. The van der Waals surface area contributed by atoms with Crippen molar-refractivity contribution in [1.82, 2.24) is 10.3 Å². The predicted octanol–water partition coefficient (Wildman–Crippen LogP) is 2.19. The fraction of sp³-hybridized carbons (Fsp3) is 0.667.